The average molecular weight is 817 g/mol. The lowest BCUT2D eigenvalue weighted by atomic mass is 9.89. The molecule has 1 fully saturated rings. The smallest absolute Gasteiger partial charge is 0.412 e. The molecule has 0 aliphatic heterocycles. The number of aliphatic hydroxyl groups is 1. The van der Waals surface area contributed by atoms with Crippen molar-refractivity contribution in [1.29, 1.82) is 0 Å². The highest BCUT2D eigenvalue weighted by Crippen LogP contribution is 2.36. The van der Waals surface area contributed by atoms with E-state index >= 15 is 0 Å². The van der Waals surface area contributed by atoms with E-state index in [2.05, 4.69) is 15.6 Å². The normalized spacial score (nSPS) is 15.7. The lowest BCUT2D eigenvalue weighted by Crippen LogP contribution is -2.44. The molecule has 13 heteroatoms. The Labute approximate surface area is 350 Å². The van der Waals surface area contributed by atoms with Crippen molar-refractivity contribution in [3.63, 3.8) is 0 Å². The van der Waals surface area contributed by atoms with Gasteiger partial charge in [0.05, 0.1) is 17.3 Å². The third kappa shape index (κ3) is 11.6. The summed E-state index contributed by atoms with van der Waals surface area (Å²) in [6.45, 7) is 1.27. The summed E-state index contributed by atoms with van der Waals surface area (Å²) >= 11 is 0. The van der Waals surface area contributed by atoms with Gasteiger partial charge < -0.3 is 41.6 Å². The number of hydrogen-bond donors (Lipinski definition) is 7. The summed E-state index contributed by atoms with van der Waals surface area (Å²) in [6, 6.07) is 29.2. The highest BCUT2D eigenvalue weighted by atomic mass is 16.4. The first-order chi connectivity index (χ1) is 29.0. The van der Waals surface area contributed by atoms with Crippen molar-refractivity contribution in [2.75, 3.05) is 30.4 Å². The predicted octanol–water partition coefficient (Wildman–Crippen LogP) is 7.07. The van der Waals surface area contributed by atoms with Crippen LogP contribution in [0, 0.1) is 0 Å². The molecule has 1 saturated carbocycles. The number of aliphatic hydroxyl groups excluding tert-OH is 1. The number of phenolic OH excluding ortho intramolecular Hbond substituents is 1. The molecule has 6 rings (SSSR count). The van der Waals surface area contributed by atoms with Crippen LogP contribution in [0.25, 0.3) is 22.0 Å². The number of carbonyl (C=O) groups is 3. The molecule has 8 N–H and O–H groups in total. The molecule has 0 spiro atoms. The number of fused-ring (bicyclic) bond motifs is 1. The van der Waals surface area contributed by atoms with E-state index in [4.69, 9.17) is 5.73 Å². The Morgan fingerprint density at radius 2 is 1.60 bits per heavy atom. The summed E-state index contributed by atoms with van der Waals surface area (Å²) < 4.78 is 0. The number of carbonyl (C=O) groups excluding carboxylic acids is 2. The van der Waals surface area contributed by atoms with Gasteiger partial charge in [-0.25, -0.2) is 4.79 Å². The number of H-pyrrole nitrogens is 1. The second-order valence-corrected chi connectivity index (χ2v) is 15.7. The van der Waals surface area contributed by atoms with Gasteiger partial charge in [-0.3, -0.25) is 19.3 Å². The van der Waals surface area contributed by atoms with E-state index in [1.807, 2.05) is 72.8 Å². The van der Waals surface area contributed by atoms with Crippen LogP contribution < -0.4 is 26.8 Å². The van der Waals surface area contributed by atoms with Gasteiger partial charge in [0.2, 0.25) is 17.4 Å². The number of nitrogens with two attached hydrogens (primary N) is 1. The minimum absolute atomic E-state index is 0.0294. The molecule has 1 aliphatic rings. The molecule has 4 aromatic carbocycles. The standard InChI is InChI=1S/C47H56N6O7/c1-52(45(58)12-7-8-31-15-22-37(33-9-3-2-4-10-33)40(28-31)53(47(59)60)36-20-16-34(48)17-21-36)27-6-5-11-43(56)50-35-18-13-32(14-19-35)29-49-30-42(55)38-23-25-41(54)46-39(38)24-26-44(57)51-46/h2-4,9-10,13-15,18-19,22-26,28,34,36,42,49,54-55H,5-8,11-12,16-17,20-21,27,29-30,48H2,1H3,(H,50,56)(H,51,57)(H,59,60)/t34?,36?,42-/m1/s1. The van der Waals surface area contributed by atoms with Crippen LogP contribution in [0.3, 0.4) is 0 Å². The van der Waals surface area contributed by atoms with Crippen LogP contribution >= 0.6 is 0 Å². The monoisotopic (exact) mass is 816 g/mol. The molecule has 3 amide bonds. The van der Waals surface area contributed by atoms with Crippen LogP contribution in [0.5, 0.6) is 5.75 Å². The van der Waals surface area contributed by atoms with Crippen molar-refractivity contribution in [1.82, 2.24) is 15.2 Å². The molecule has 5 aromatic rings. The van der Waals surface area contributed by atoms with Crippen molar-refractivity contribution in [2.24, 2.45) is 5.73 Å². The zero-order valence-electron chi connectivity index (χ0n) is 34.1. The van der Waals surface area contributed by atoms with E-state index in [-0.39, 0.29) is 47.3 Å². The Bertz CT molecular complexity index is 2290. The number of aromatic amines is 1. The van der Waals surface area contributed by atoms with Gasteiger partial charge in [-0.1, -0.05) is 60.7 Å². The van der Waals surface area contributed by atoms with E-state index < -0.39 is 12.2 Å². The summed E-state index contributed by atoms with van der Waals surface area (Å²) in [5.74, 6) is -0.137. The van der Waals surface area contributed by atoms with Gasteiger partial charge in [0.25, 0.3) is 0 Å². The molecule has 0 saturated heterocycles. The fourth-order valence-electron chi connectivity index (χ4n) is 7.95. The number of aromatic nitrogens is 1. The zero-order valence-corrected chi connectivity index (χ0v) is 34.1. The zero-order chi connectivity index (χ0) is 42.6. The van der Waals surface area contributed by atoms with Crippen LogP contribution in [0.4, 0.5) is 16.2 Å². The number of aryl methyl sites for hydroxylation is 1. The van der Waals surface area contributed by atoms with Crippen LogP contribution in [-0.2, 0) is 22.6 Å². The summed E-state index contributed by atoms with van der Waals surface area (Å²) in [5.41, 5.74) is 11.8. The largest absolute Gasteiger partial charge is 0.506 e. The molecule has 1 atom stereocenters. The molecule has 60 heavy (non-hydrogen) atoms. The first kappa shape index (κ1) is 43.6. The number of phenols is 1. The lowest BCUT2D eigenvalue weighted by Gasteiger charge is -2.35. The first-order valence-corrected chi connectivity index (χ1v) is 20.8. The summed E-state index contributed by atoms with van der Waals surface area (Å²) in [6.07, 6.45) is 4.43. The number of nitrogens with zero attached hydrogens (tertiary/aromatic N) is 2. The fourth-order valence-corrected chi connectivity index (χ4v) is 7.95. The van der Waals surface area contributed by atoms with Gasteiger partial charge in [-0.15, -0.1) is 0 Å². The van der Waals surface area contributed by atoms with Gasteiger partial charge in [-0.05, 0) is 104 Å². The highest BCUT2D eigenvalue weighted by Gasteiger charge is 2.31. The molecule has 1 aromatic heterocycles. The van der Waals surface area contributed by atoms with Gasteiger partial charge in [0, 0.05) is 74.3 Å². The second kappa shape index (κ2) is 20.8. The van der Waals surface area contributed by atoms with Crippen molar-refractivity contribution in [3.8, 4) is 16.9 Å². The van der Waals surface area contributed by atoms with Gasteiger partial charge in [-0.2, -0.15) is 0 Å². The quantitative estimate of drug-likeness (QED) is 0.0452. The Morgan fingerprint density at radius 1 is 0.867 bits per heavy atom. The number of rotatable bonds is 18. The number of pyridine rings is 1. The number of hydrogen-bond acceptors (Lipinski definition) is 8. The molecule has 0 radical (unpaired) electrons. The molecular formula is C47H56N6O7. The third-order valence-corrected chi connectivity index (χ3v) is 11.3. The molecule has 316 valence electrons. The van der Waals surface area contributed by atoms with E-state index in [1.54, 1.807) is 24.1 Å². The second-order valence-electron chi connectivity index (χ2n) is 15.7. The number of unbranched alkanes of at least 4 members (excludes halogenated alkanes) is 1. The maximum absolute atomic E-state index is 13.0. The summed E-state index contributed by atoms with van der Waals surface area (Å²) in [5, 5.41) is 38.0. The SMILES string of the molecule is CN(CCCCC(=O)Nc1ccc(CNC[C@@H](O)c2ccc(O)c3[nH]c(=O)ccc23)cc1)C(=O)CCCc1ccc(-c2ccccc2)c(N(C(=O)O)C2CCC(N)CC2)c1. The molecule has 0 bridgehead atoms. The van der Waals surface area contributed by atoms with Crippen molar-refractivity contribution >= 4 is 40.2 Å². The molecule has 1 aliphatic carbocycles. The Kier molecular flexibility index (Phi) is 15.1. The Balaban J connectivity index is 0.905. The maximum atomic E-state index is 13.0. The van der Waals surface area contributed by atoms with E-state index in [0.29, 0.717) is 73.9 Å². The topological polar surface area (TPSA) is 201 Å². The van der Waals surface area contributed by atoms with E-state index in [9.17, 15) is 34.5 Å². The van der Waals surface area contributed by atoms with Crippen LogP contribution in [-0.4, -0.2) is 75.3 Å². The predicted molar refractivity (Wildman–Crippen MR) is 235 cm³/mol. The fraction of sp³-hybridized carbons (Fsp3) is 0.362. The number of nitrogens with one attached hydrogen (secondary N) is 3. The number of anilines is 2. The van der Waals surface area contributed by atoms with Crippen LogP contribution in [0.2, 0.25) is 0 Å². The summed E-state index contributed by atoms with van der Waals surface area (Å²) in [7, 11) is 1.78. The van der Waals surface area contributed by atoms with E-state index in [1.165, 1.54) is 17.0 Å². The van der Waals surface area contributed by atoms with Crippen molar-refractivity contribution in [3.05, 3.63) is 124 Å². The van der Waals surface area contributed by atoms with Crippen LogP contribution in [0.1, 0.15) is 80.6 Å². The van der Waals surface area contributed by atoms with E-state index in [0.717, 1.165) is 47.9 Å². The molecule has 1 heterocycles. The minimum atomic E-state index is -0.975. The number of carboxylic acid groups (broad SMARTS) is 1. The number of benzene rings is 4. The van der Waals surface area contributed by atoms with Crippen LogP contribution in [0.15, 0.2) is 102 Å². The van der Waals surface area contributed by atoms with Gasteiger partial charge >= 0.3 is 6.09 Å². The summed E-state index contributed by atoms with van der Waals surface area (Å²) in [4.78, 5) is 55.9. The Morgan fingerprint density at radius 3 is 2.33 bits per heavy atom. The molecule has 0 unspecified atom stereocenters. The van der Waals surface area contributed by atoms with Crippen molar-refractivity contribution in [2.45, 2.75) is 88.9 Å². The van der Waals surface area contributed by atoms with Gasteiger partial charge in [0.1, 0.15) is 5.75 Å². The number of amides is 3. The Hall–Kier alpha value is -6.02. The van der Waals surface area contributed by atoms with Gasteiger partial charge in [0.15, 0.2) is 0 Å². The lowest BCUT2D eigenvalue weighted by molar-refractivity contribution is -0.130. The maximum Gasteiger partial charge on any atom is 0.412 e. The average Bonchev–Trinajstić information content (AvgIpc) is 3.24. The molecular weight excluding hydrogens is 761 g/mol. The first-order valence-electron chi connectivity index (χ1n) is 20.8. The minimum Gasteiger partial charge on any atom is -0.506 e. The van der Waals surface area contributed by atoms with Crippen molar-refractivity contribution < 1.29 is 29.7 Å². The highest BCUT2D eigenvalue weighted by molar-refractivity contribution is 5.94. The number of aromatic hydroxyl groups is 1. The third-order valence-electron chi connectivity index (χ3n) is 11.3. The molecule has 13 nitrogen and oxygen atoms in total.